The van der Waals surface area contributed by atoms with Crippen molar-refractivity contribution < 1.29 is 14.7 Å². The van der Waals surface area contributed by atoms with Crippen molar-refractivity contribution in [2.45, 2.75) is 65.0 Å². The van der Waals surface area contributed by atoms with Gasteiger partial charge in [0.25, 0.3) is 0 Å². The number of carbonyl (C=O) groups excluding carboxylic acids is 1. The van der Waals surface area contributed by atoms with Gasteiger partial charge in [-0.15, -0.1) is 0 Å². The number of aryl methyl sites for hydroxylation is 1. The molecule has 4 nitrogen and oxygen atoms in total. The van der Waals surface area contributed by atoms with E-state index in [4.69, 9.17) is 0 Å². The van der Waals surface area contributed by atoms with Gasteiger partial charge in [0.15, 0.2) is 0 Å². The molecule has 0 atom stereocenters. The van der Waals surface area contributed by atoms with Gasteiger partial charge in [0.05, 0.1) is 5.56 Å². The summed E-state index contributed by atoms with van der Waals surface area (Å²) in [7, 11) is 0. The molecule has 0 aliphatic rings. The monoisotopic (exact) mass is 457 g/mol. The fraction of sp³-hybridized carbons (Fsp3) is 0.333. The largest absolute Gasteiger partial charge is 0.478 e. The molecule has 1 amide bonds. The van der Waals surface area contributed by atoms with Crippen molar-refractivity contribution in [2.24, 2.45) is 0 Å². The Labute approximate surface area is 203 Å². The number of carboxylic acid groups (broad SMARTS) is 1. The standard InChI is InChI=1S/C30H35NO3/c1-3-10-28(11-4-2)31(29(32)19-18-23-12-6-5-7-13-23)22-24-14-8-15-25(20-24)26-16-9-17-27(21-26)30(33)34/h5-9,12-17,20-21,28H,3-4,10-11,18-19,22H2,1-2H3,(H,33,34). The molecule has 0 fully saturated rings. The summed E-state index contributed by atoms with van der Waals surface area (Å²) in [6.07, 6.45) is 5.29. The molecule has 3 aromatic carbocycles. The second-order valence-corrected chi connectivity index (χ2v) is 8.82. The minimum absolute atomic E-state index is 0.189. The highest BCUT2D eigenvalue weighted by Crippen LogP contribution is 2.24. The molecule has 0 spiro atoms. The van der Waals surface area contributed by atoms with Crippen LogP contribution in [0.25, 0.3) is 11.1 Å². The highest BCUT2D eigenvalue weighted by atomic mass is 16.4. The summed E-state index contributed by atoms with van der Waals surface area (Å²) in [4.78, 5) is 26.9. The Kier molecular flexibility index (Phi) is 9.45. The van der Waals surface area contributed by atoms with Gasteiger partial charge in [-0.05, 0) is 59.7 Å². The summed E-state index contributed by atoms with van der Waals surface area (Å²) in [5.41, 5.74) is 4.33. The van der Waals surface area contributed by atoms with E-state index in [2.05, 4.69) is 43.0 Å². The highest BCUT2D eigenvalue weighted by molar-refractivity contribution is 5.89. The molecule has 0 saturated carbocycles. The molecular formula is C30H35NO3. The molecule has 178 valence electrons. The molecule has 0 radical (unpaired) electrons. The molecule has 3 aromatic rings. The van der Waals surface area contributed by atoms with Crippen LogP contribution in [0.2, 0.25) is 0 Å². The predicted molar refractivity (Wildman–Crippen MR) is 138 cm³/mol. The van der Waals surface area contributed by atoms with Crippen molar-refractivity contribution in [2.75, 3.05) is 0 Å². The van der Waals surface area contributed by atoms with Gasteiger partial charge in [-0.1, -0.05) is 87.4 Å². The van der Waals surface area contributed by atoms with Gasteiger partial charge in [0.2, 0.25) is 5.91 Å². The first-order chi connectivity index (χ1) is 16.5. The normalized spacial score (nSPS) is 10.9. The fourth-order valence-electron chi connectivity index (χ4n) is 4.46. The van der Waals surface area contributed by atoms with Gasteiger partial charge >= 0.3 is 5.97 Å². The number of benzene rings is 3. The number of amides is 1. The van der Waals surface area contributed by atoms with Gasteiger partial charge in [0.1, 0.15) is 0 Å². The maximum absolute atomic E-state index is 13.4. The lowest BCUT2D eigenvalue weighted by Crippen LogP contribution is -2.40. The number of carbonyl (C=O) groups is 2. The fourth-order valence-corrected chi connectivity index (χ4v) is 4.46. The Morgan fingerprint density at radius 2 is 1.41 bits per heavy atom. The first-order valence-corrected chi connectivity index (χ1v) is 12.3. The number of hydrogen-bond acceptors (Lipinski definition) is 2. The lowest BCUT2D eigenvalue weighted by atomic mass is 9.99. The third-order valence-electron chi connectivity index (χ3n) is 6.20. The Morgan fingerprint density at radius 3 is 2.06 bits per heavy atom. The smallest absolute Gasteiger partial charge is 0.335 e. The van der Waals surface area contributed by atoms with E-state index in [0.29, 0.717) is 13.0 Å². The van der Waals surface area contributed by atoms with Crippen molar-refractivity contribution in [1.29, 1.82) is 0 Å². The zero-order chi connectivity index (χ0) is 24.3. The molecule has 0 heterocycles. The van der Waals surface area contributed by atoms with E-state index in [0.717, 1.165) is 48.8 Å². The van der Waals surface area contributed by atoms with Crippen LogP contribution < -0.4 is 0 Å². The molecule has 0 unspecified atom stereocenters. The molecule has 3 rings (SSSR count). The number of nitrogens with zero attached hydrogens (tertiary/aromatic N) is 1. The average molecular weight is 458 g/mol. The zero-order valence-corrected chi connectivity index (χ0v) is 20.2. The number of hydrogen-bond donors (Lipinski definition) is 1. The molecule has 0 aliphatic heterocycles. The van der Waals surface area contributed by atoms with Gasteiger partial charge in [-0.3, -0.25) is 4.79 Å². The first kappa shape index (κ1) is 25.2. The van der Waals surface area contributed by atoms with Gasteiger partial charge in [0, 0.05) is 19.0 Å². The van der Waals surface area contributed by atoms with Crippen LogP contribution >= 0.6 is 0 Å². The Balaban J connectivity index is 1.83. The maximum atomic E-state index is 13.4. The van der Waals surface area contributed by atoms with Crippen molar-refractivity contribution in [3.8, 4) is 11.1 Å². The molecule has 0 bridgehead atoms. The van der Waals surface area contributed by atoms with E-state index < -0.39 is 5.97 Å². The predicted octanol–water partition coefficient (Wildman–Crippen LogP) is 6.98. The van der Waals surface area contributed by atoms with E-state index in [1.165, 1.54) is 5.56 Å². The average Bonchev–Trinajstić information content (AvgIpc) is 2.86. The molecule has 4 heteroatoms. The van der Waals surface area contributed by atoms with Crippen molar-refractivity contribution in [3.63, 3.8) is 0 Å². The second-order valence-electron chi connectivity index (χ2n) is 8.82. The summed E-state index contributed by atoms with van der Waals surface area (Å²) in [5.74, 6) is -0.746. The van der Waals surface area contributed by atoms with E-state index in [9.17, 15) is 14.7 Å². The minimum atomic E-state index is -0.935. The lowest BCUT2D eigenvalue weighted by molar-refractivity contribution is -0.134. The summed E-state index contributed by atoms with van der Waals surface area (Å²) >= 11 is 0. The van der Waals surface area contributed by atoms with E-state index in [-0.39, 0.29) is 17.5 Å². The second kappa shape index (κ2) is 12.7. The molecule has 34 heavy (non-hydrogen) atoms. The number of carboxylic acids is 1. The van der Waals surface area contributed by atoms with Crippen molar-refractivity contribution >= 4 is 11.9 Å². The SMILES string of the molecule is CCCC(CCC)N(Cc1cccc(-c2cccc(C(=O)O)c2)c1)C(=O)CCc1ccccc1. The molecular weight excluding hydrogens is 422 g/mol. The third-order valence-corrected chi connectivity index (χ3v) is 6.20. The van der Waals surface area contributed by atoms with Crippen LogP contribution in [0, 0.1) is 0 Å². The van der Waals surface area contributed by atoms with Crippen LogP contribution in [-0.2, 0) is 17.8 Å². The van der Waals surface area contributed by atoms with Crippen LogP contribution in [0.4, 0.5) is 0 Å². The Hall–Kier alpha value is -3.40. The van der Waals surface area contributed by atoms with Gasteiger partial charge < -0.3 is 10.0 Å². The van der Waals surface area contributed by atoms with Crippen molar-refractivity contribution in [3.05, 3.63) is 95.6 Å². The quantitative estimate of drug-likeness (QED) is 0.319. The number of aromatic carboxylic acids is 1. The topological polar surface area (TPSA) is 57.6 Å². The summed E-state index contributed by atoms with van der Waals surface area (Å²) in [5, 5.41) is 9.34. The Morgan fingerprint density at radius 1 is 0.794 bits per heavy atom. The molecule has 0 aliphatic carbocycles. The molecule has 0 saturated heterocycles. The summed E-state index contributed by atoms with van der Waals surface area (Å²) in [6, 6.07) is 25.5. The molecule has 1 N–H and O–H groups in total. The highest BCUT2D eigenvalue weighted by Gasteiger charge is 2.23. The van der Waals surface area contributed by atoms with Gasteiger partial charge in [-0.25, -0.2) is 4.79 Å². The maximum Gasteiger partial charge on any atom is 0.335 e. The molecule has 0 aromatic heterocycles. The zero-order valence-electron chi connectivity index (χ0n) is 20.2. The third kappa shape index (κ3) is 7.05. The van der Waals surface area contributed by atoms with E-state index in [1.807, 2.05) is 36.4 Å². The van der Waals surface area contributed by atoms with Crippen LogP contribution in [0.3, 0.4) is 0 Å². The van der Waals surface area contributed by atoms with Crippen LogP contribution in [0.1, 0.15) is 67.4 Å². The minimum Gasteiger partial charge on any atom is -0.478 e. The summed E-state index contributed by atoms with van der Waals surface area (Å²) in [6.45, 7) is 4.90. The summed E-state index contributed by atoms with van der Waals surface area (Å²) < 4.78 is 0. The van der Waals surface area contributed by atoms with Gasteiger partial charge in [-0.2, -0.15) is 0 Å². The van der Waals surface area contributed by atoms with E-state index >= 15 is 0 Å². The lowest BCUT2D eigenvalue weighted by Gasteiger charge is -2.32. The van der Waals surface area contributed by atoms with Crippen molar-refractivity contribution in [1.82, 2.24) is 4.90 Å². The van der Waals surface area contributed by atoms with Crippen LogP contribution in [0.15, 0.2) is 78.9 Å². The van der Waals surface area contributed by atoms with E-state index in [1.54, 1.807) is 18.2 Å². The van der Waals surface area contributed by atoms with Crippen LogP contribution in [-0.4, -0.2) is 27.9 Å². The number of rotatable bonds is 12. The first-order valence-electron chi connectivity index (χ1n) is 12.3. The van der Waals surface area contributed by atoms with Crippen LogP contribution in [0.5, 0.6) is 0 Å². The Bertz CT molecular complexity index is 1070.